The van der Waals surface area contributed by atoms with E-state index in [0.29, 0.717) is 16.3 Å². The molecule has 0 aliphatic heterocycles. The van der Waals surface area contributed by atoms with Gasteiger partial charge in [0.15, 0.2) is 16.3 Å². The van der Waals surface area contributed by atoms with Crippen LogP contribution in [0.4, 0.5) is 5.82 Å². The van der Waals surface area contributed by atoms with E-state index in [4.69, 9.17) is 4.42 Å². The Bertz CT molecular complexity index is 621. The molecule has 0 saturated carbocycles. The number of hydrogen-bond donors (Lipinski definition) is 1. The van der Waals surface area contributed by atoms with Crippen LogP contribution in [0.25, 0.3) is 11.6 Å². The molecule has 0 saturated heterocycles. The molecular formula is C14H16Br3N3O. The van der Waals surface area contributed by atoms with Crippen LogP contribution in [0.3, 0.4) is 0 Å². The Morgan fingerprint density at radius 3 is 2.48 bits per heavy atom. The first kappa shape index (κ1) is 17.0. The molecule has 0 unspecified atom stereocenters. The second-order valence-electron chi connectivity index (χ2n) is 4.91. The quantitative estimate of drug-likeness (QED) is 0.571. The minimum Gasteiger partial charge on any atom is -0.445 e. The largest absolute Gasteiger partial charge is 0.445 e. The number of nitrogens with one attached hydrogen (secondary N) is 1. The summed E-state index contributed by atoms with van der Waals surface area (Å²) >= 11 is 10.4. The van der Waals surface area contributed by atoms with Gasteiger partial charge in [0.2, 0.25) is 0 Å². The summed E-state index contributed by atoms with van der Waals surface area (Å²) in [6.45, 7) is 7.19. The molecule has 0 amide bonds. The molecule has 0 radical (unpaired) electrons. The van der Waals surface area contributed by atoms with Gasteiger partial charge in [-0.25, -0.2) is 9.97 Å². The highest BCUT2D eigenvalue weighted by molar-refractivity contribution is 9.13. The van der Waals surface area contributed by atoms with Crippen molar-refractivity contribution in [3.8, 4) is 11.6 Å². The van der Waals surface area contributed by atoms with Crippen molar-refractivity contribution in [2.24, 2.45) is 0 Å². The molecule has 0 bridgehead atoms. The van der Waals surface area contributed by atoms with Gasteiger partial charge >= 0.3 is 0 Å². The van der Waals surface area contributed by atoms with Gasteiger partial charge in [-0.15, -0.1) is 0 Å². The molecule has 1 N–H and O–H groups in total. The maximum absolute atomic E-state index is 5.64. The van der Waals surface area contributed by atoms with Gasteiger partial charge in [-0.2, -0.15) is 0 Å². The first-order valence-electron chi connectivity index (χ1n) is 6.70. The van der Waals surface area contributed by atoms with Crippen LogP contribution in [0.1, 0.15) is 38.8 Å². The molecule has 0 atom stereocenters. The Labute approximate surface area is 149 Å². The smallest absolute Gasteiger partial charge is 0.198 e. The molecule has 0 fully saturated rings. The summed E-state index contributed by atoms with van der Waals surface area (Å²) in [7, 11) is 0. The van der Waals surface area contributed by atoms with Gasteiger partial charge in [0.1, 0.15) is 5.82 Å². The summed E-state index contributed by atoms with van der Waals surface area (Å²) in [5.74, 6) is 2.29. The van der Waals surface area contributed by atoms with Gasteiger partial charge in [0.25, 0.3) is 0 Å². The Kier molecular flexibility index (Phi) is 5.85. The van der Waals surface area contributed by atoms with Crippen molar-refractivity contribution in [3.05, 3.63) is 25.4 Å². The number of halogens is 3. The topological polar surface area (TPSA) is 51.0 Å². The fourth-order valence-corrected chi connectivity index (χ4v) is 3.13. The SMILES string of the molecule is CCCNc1nc(-c2cc(Br)c(Br)o2)nc(C(C)C)c1Br. The second kappa shape index (κ2) is 7.24. The molecule has 4 nitrogen and oxygen atoms in total. The van der Waals surface area contributed by atoms with Crippen LogP contribution < -0.4 is 5.32 Å². The van der Waals surface area contributed by atoms with Crippen molar-refractivity contribution in [2.75, 3.05) is 11.9 Å². The predicted molar refractivity (Wildman–Crippen MR) is 95.7 cm³/mol. The van der Waals surface area contributed by atoms with E-state index in [1.807, 2.05) is 6.07 Å². The number of rotatable bonds is 5. The molecule has 0 aliphatic rings. The van der Waals surface area contributed by atoms with E-state index in [2.05, 4.69) is 83.8 Å². The molecule has 2 aromatic rings. The zero-order valence-corrected chi connectivity index (χ0v) is 16.8. The van der Waals surface area contributed by atoms with Crippen LogP contribution in [0.15, 0.2) is 24.1 Å². The van der Waals surface area contributed by atoms with Crippen LogP contribution in [-0.4, -0.2) is 16.5 Å². The molecule has 0 spiro atoms. The van der Waals surface area contributed by atoms with Crippen molar-refractivity contribution in [2.45, 2.75) is 33.1 Å². The van der Waals surface area contributed by atoms with E-state index in [1.54, 1.807) is 0 Å². The van der Waals surface area contributed by atoms with Gasteiger partial charge in [-0.1, -0.05) is 20.8 Å². The number of furan rings is 1. The summed E-state index contributed by atoms with van der Waals surface area (Å²) in [5.41, 5.74) is 0.960. The predicted octanol–water partition coefficient (Wildman–Crippen LogP) is 5.97. The van der Waals surface area contributed by atoms with Gasteiger partial charge in [-0.05, 0) is 60.1 Å². The van der Waals surface area contributed by atoms with Crippen molar-refractivity contribution in [1.82, 2.24) is 9.97 Å². The van der Waals surface area contributed by atoms with Crippen molar-refractivity contribution in [1.29, 1.82) is 0 Å². The monoisotopic (exact) mass is 479 g/mol. The fraction of sp³-hybridized carbons (Fsp3) is 0.429. The van der Waals surface area contributed by atoms with Crippen LogP contribution in [0, 0.1) is 0 Å². The zero-order valence-electron chi connectivity index (χ0n) is 12.0. The Morgan fingerprint density at radius 1 is 1.24 bits per heavy atom. The maximum Gasteiger partial charge on any atom is 0.198 e. The third-order valence-corrected chi connectivity index (χ3v) is 5.32. The van der Waals surface area contributed by atoms with Crippen LogP contribution in [0.2, 0.25) is 0 Å². The lowest BCUT2D eigenvalue weighted by Crippen LogP contribution is -2.08. The standard InChI is InChI=1S/C14H16Br3N3O/c1-4-5-18-14-10(16)11(7(2)3)19-13(20-14)9-6-8(15)12(17)21-9/h6-7H,4-5H2,1-3H3,(H,18,19,20). The van der Waals surface area contributed by atoms with E-state index in [9.17, 15) is 0 Å². The second-order valence-corrected chi connectivity index (χ2v) is 7.28. The number of anilines is 1. The molecule has 2 heterocycles. The summed E-state index contributed by atoms with van der Waals surface area (Å²) in [4.78, 5) is 9.20. The molecule has 2 aromatic heterocycles. The van der Waals surface area contributed by atoms with Gasteiger partial charge in [0.05, 0.1) is 14.6 Å². The molecular weight excluding hydrogens is 466 g/mol. The molecule has 0 aliphatic carbocycles. The number of hydrogen-bond acceptors (Lipinski definition) is 4. The fourth-order valence-electron chi connectivity index (χ4n) is 1.77. The molecule has 7 heteroatoms. The highest BCUT2D eigenvalue weighted by Crippen LogP contribution is 2.35. The van der Waals surface area contributed by atoms with E-state index < -0.39 is 0 Å². The normalized spacial score (nSPS) is 11.2. The van der Waals surface area contributed by atoms with Gasteiger partial charge in [-0.3, -0.25) is 0 Å². The molecule has 0 aromatic carbocycles. The maximum atomic E-state index is 5.64. The average molecular weight is 482 g/mol. The highest BCUT2D eigenvalue weighted by atomic mass is 79.9. The van der Waals surface area contributed by atoms with Crippen molar-refractivity contribution >= 4 is 53.6 Å². The molecule has 21 heavy (non-hydrogen) atoms. The summed E-state index contributed by atoms with van der Waals surface area (Å²) < 4.78 is 8.03. The number of nitrogens with zero attached hydrogens (tertiary/aromatic N) is 2. The highest BCUT2D eigenvalue weighted by Gasteiger charge is 2.18. The molecule has 114 valence electrons. The Morgan fingerprint density at radius 2 is 1.95 bits per heavy atom. The lowest BCUT2D eigenvalue weighted by molar-refractivity contribution is 0.548. The first-order valence-corrected chi connectivity index (χ1v) is 9.08. The van der Waals surface area contributed by atoms with Crippen LogP contribution >= 0.6 is 47.8 Å². The van der Waals surface area contributed by atoms with E-state index >= 15 is 0 Å². The average Bonchev–Trinajstić information content (AvgIpc) is 2.77. The van der Waals surface area contributed by atoms with E-state index in [-0.39, 0.29) is 5.92 Å². The summed E-state index contributed by atoms with van der Waals surface area (Å²) in [6.07, 6.45) is 1.03. The van der Waals surface area contributed by atoms with E-state index in [0.717, 1.165) is 33.4 Å². The Balaban J connectivity index is 2.52. The first-order chi connectivity index (χ1) is 9.93. The van der Waals surface area contributed by atoms with Gasteiger partial charge in [0, 0.05) is 12.6 Å². The molecule has 2 rings (SSSR count). The summed E-state index contributed by atoms with van der Waals surface area (Å²) in [5, 5.41) is 3.33. The zero-order chi connectivity index (χ0) is 15.6. The van der Waals surface area contributed by atoms with Crippen molar-refractivity contribution in [3.63, 3.8) is 0 Å². The Hall–Kier alpha value is -0.400. The van der Waals surface area contributed by atoms with Crippen molar-refractivity contribution < 1.29 is 4.42 Å². The number of aromatic nitrogens is 2. The van der Waals surface area contributed by atoms with E-state index in [1.165, 1.54) is 0 Å². The minimum atomic E-state index is 0.283. The van der Waals surface area contributed by atoms with Crippen LogP contribution in [0.5, 0.6) is 0 Å². The van der Waals surface area contributed by atoms with Crippen LogP contribution in [-0.2, 0) is 0 Å². The lowest BCUT2D eigenvalue weighted by atomic mass is 10.1. The lowest BCUT2D eigenvalue weighted by Gasteiger charge is -2.13. The minimum absolute atomic E-state index is 0.283. The van der Waals surface area contributed by atoms with Gasteiger partial charge < -0.3 is 9.73 Å². The summed E-state index contributed by atoms with van der Waals surface area (Å²) in [6, 6.07) is 1.86. The third-order valence-electron chi connectivity index (χ3n) is 2.83. The third kappa shape index (κ3) is 3.87.